The molecule has 0 aliphatic carbocycles. The highest BCUT2D eigenvalue weighted by molar-refractivity contribution is 5.79. The first-order chi connectivity index (χ1) is 14.2. The average molecular weight is 399 g/mol. The fourth-order valence-corrected chi connectivity index (χ4v) is 4.96. The van der Waals surface area contributed by atoms with Crippen molar-refractivity contribution in [2.45, 2.75) is 43.2 Å². The van der Waals surface area contributed by atoms with E-state index in [0.29, 0.717) is 24.9 Å². The quantitative estimate of drug-likeness (QED) is 0.822. The largest absolute Gasteiger partial charge is 0.381 e. The van der Waals surface area contributed by atoms with Crippen molar-refractivity contribution in [1.29, 1.82) is 0 Å². The lowest BCUT2D eigenvalue weighted by atomic mass is 9.88. The van der Waals surface area contributed by atoms with Gasteiger partial charge in [-0.2, -0.15) is 0 Å². The number of piperidine rings is 1. The number of nitrogens with one attached hydrogen (secondary N) is 1. The molecule has 0 spiro atoms. The van der Waals surface area contributed by atoms with E-state index in [4.69, 9.17) is 9.47 Å². The molecule has 1 N–H and O–H groups in total. The molecule has 0 aromatic heterocycles. The van der Waals surface area contributed by atoms with Crippen LogP contribution >= 0.6 is 0 Å². The van der Waals surface area contributed by atoms with Crippen molar-refractivity contribution < 1.29 is 19.1 Å². The van der Waals surface area contributed by atoms with Crippen LogP contribution in [0.3, 0.4) is 0 Å². The first kappa shape index (κ1) is 18.9. The van der Waals surface area contributed by atoms with Crippen LogP contribution in [0.5, 0.6) is 0 Å². The molecule has 0 radical (unpaired) electrons. The molecule has 4 saturated heterocycles. The van der Waals surface area contributed by atoms with Crippen molar-refractivity contribution in [3.05, 3.63) is 35.4 Å². The summed E-state index contributed by atoms with van der Waals surface area (Å²) in [6.07, 6.45) is 3.16. The molecule has 4 aliphatic rings. The Hall–Kier alpha value is -2.12. The fourth-order valence-electron chi connectivity index (χ4n) is 4.96. The third-order valence-corrected chi connectivity index (χ3v) is 6.79. The Morgan fingerprint density at radius 1 is 1.00 bits per heavy atom. The molecule has 4 fully saturated rings. The van der Waals surface area contributed by atoms with Crippen LogP contribution in [-0.2, 0) is 14.3 Å². The van der Waals surface area contributed by atoms with Gasteiger partial charge in [-0.05, 0) is 30.4 Å². The number of hydrogen-bond donors (Lipinski definition) is 1. The molecule has 4 aliphatic heterocycles. The number of benzene rings is 1. The highest BCUT2D eigenvalue weighted by atomic mass is 16.5. The van der Waals surface area contributed by atoms with Gasteiger partial charge in [-0.3, -0.25) is 4.79 Å². The van der Waals surface area contributed by atoms with Gasteiger partial charge in [0.05, 0.1) is 18.8 Å². The van der Waals surface area contributed by atoms with Gasteiger partial charge in [0.15, 0.2) is 0 Å². The van der Waals surface area contributed by atoms with Crippen LogP contribution in [-0.4, -0.2) is 79.9 Å². The van der Waals surface area contributed by atoms with Gasteiger partial charge in [-0.1, -0.05) is 24.3 Å². The number of carbonyl (C=O) groups excluding carboxylic acids is 2. The van der Waals surface area contributed by atoms with Crippen LogP contribution in [0.2, 0.25) is 0 Å². The summed E-state index contributed by atoms with van der Waals surface area (Å²) in [5.74, 6) is 0.836. The normalized spacial score (nSPS) is 30.3. The predicted molar refractivity (Wildman–Crippen MR) is 107 cm³/mol. The molecule has 1 aromatic carbocycles. The van der Waals surface area contributed by atoms with Crippen LogP contribution in [0.1, 0.15) is 42.2 Å². The van der Waals surface area contributed by atoms with Crippen LogP contribution in [0.15, 0.2) is 24.3 Å². The maximum atomic E-state index is 12.9. The number of fused-ring (bicyclic) bond motifs is 1. The molecule has 7 heteroatoms. The lowest BCUT2D eigenvalue weighted by Gasteiger charge is -2.46. The van der Waals surface area contributed by atoms with Gasteiger partial charge in [-0.15, -0.1) is 0 Å². The molecule has 7 nitrogen and oxygen atoms in total. The van der Waals surface area contributed by atoms with Gasteiger partial charge < -0.3 is 24.6 Å². The Balaban J connectivity index is 1.13. The molecule has 29 heavy (non-hydrogen) atoms. The Kier molecular flexibility index (Phi) is 5.18. The van der Waals surface area contributed by atoms with E-state index in [1.54, 1.807) is 0 Å². The van der Waals surface area contributed by atoms with Gasteiger partial charge in [0.2, 0.25) is 5.91 Å². The van der Waals surface area contributed by atoms with Crippen molar-refractivity contribution in [2.24, 2.45) is 0 Å². The first-order valence-electron chi connectivity index (χ1n) is 10.8. The van der Waals surface area contributed by atoms with Crippen molar-refractivity contribution in [1.82, 2.24) is 15.1 Å². The van der Waals surface area contributed by atoms with Crippen molar-refractivity contribution in [3.8, 4) is 0 Å². The summed E-state index contributed by atoms with van der Waals surface area (Å²) in [6.45, 7) is 4.60. The molecule has 1 aromatic rings. The van der Waals surface area contributed by atoms with Gasteiger partial charge in [0.1, 0.15) is 6.61 Å². The lowest BCUT2D eigenvalue weighted by Crippen LogP contribution is -2.63. The second kappa shape index (κ2) is 7.95. The Morgan fingerprint density at radius 2 is 1.76 bits per heavy atom. The number of urea groups is 1. The number of amides is 3. The predicted octanol–water partition coefficient (Wildman–Crippen LogP) is 1.69. The van der Waals surface area contributed by atoms with Gasteiger partial charge >= 0.3 is 6.03 Å². The minimum Gasteiger partial charge on any atom is -0.381 e. The Labute approximate surface area is 171 Å². The Morgan fingerprint density at radius 3 is 2.48 bits per heavy atom. The summed E-state index contributed by atoms with van der Waals surface area (Å²) in [5, 5.41) is 2.96. The molecule has 156 valence electrons. The number of morpholine rings is 1. The highest BCUT2D eigenvalue weighted by Crippen LogP contribution is 2.31. The number of rotatable bonds is 2. The summed E-state index contributed by atoms with van der Waals surface area (Å²) in [5.41, 5.74) is 2.67. The summed E-state index contributed by atoms with van der Waals surface area (Å²) in [6, 6.07) is 8.90. The molecular weight excluding hydrogens is 370 g/mol. The standard InChI is InChI=1S/C22H29N3O4/c26-21-14-29-20-7-8-24(12-19(20)23-21)22(27)25-10-18(11-25)16-5-3-15(4-6-16)17-2-1-9-28-13-17/h3-6,17-20H,1-2,7-14H2,(H,23,26)/t17?,19-,20?/m1/s1. The van der Waals surface area contributed by atoms with Gasteiger partial charge in [0.25, 0.3) is 0 Å². The van der Waals surface area contributed by atoms with E-state index in [1.807, 2.05) is 9.80 Å². The van der Waals surface area contributed by atoms with Gasteiger partial charge in [-0.25, -0.2) is 4.79 Å². The van der Waals surface area contributed by atoms with Crippen LogP contribution in [0, 0.1) is 0 Å². The monoisotopic (exact) mass is 399 g/mol. The Bertz CT molecular complexity index is 756. The van der Waals surface area contributed by atoms with Crippen LogP contribution in [0.25, 0.3) is 0 Å². The third kappa shape index (κ3) is 3.85. The minimum absolute atomic E-state index is 0.0361. The van der Waals surface area contributed by atoms with Crippen molar-refractivity contribution in [2.75, 3.05) is 46.0 Å². The molecule has 5 rings (SSSR count). The molecule has 2 unspecified atom stereocenters. The number of ether oxygens (including phenoxy) is 2. The number of likely N-dealkylation sites (tertiary alicyclic amines) is 2. The summed E-state index contributed by atoms with van der Waals surface area (Å²) in [4.78, 5) is 28.2. The van der Waals surface area contributed by atoms with Crippen LogP contribution in [0.4, 0.5) is 4.79 Å². The molecule has 4 heterocycles. The second-order valence-corrected chi connectivity index (χ2v) is 8.72. The average Bonchev–Trinajstić information content (AvgIpc) is 2.73. The van der Waals surface area contributed by atoms with Crippen LogP contribution < -0.4 is 5.32 Å². The SMILES string of the molecule is O=C1COC2CCN(C(=O)N3CC(c4ccc(C5CCCOC5)cc4)C3)C[C@H]2N1. The zero-order valence-corrected chi connectivity index (χ0v) is 16.7. The fraction of sp³-hybridized carbons (Fsp3) is 0.636. The molecule has 3 atom stereocenters. The summed E-state index contributed by atoms with van der Waals surface area (Å²) in [7, 11) is 0. The van der Waals surface area contributed by atoms with E-state index < -0.39 is 0 Å². The van der Waals surface area contributed by atoms with E-state index in [-0.39, 0.29) is 30.7 Å². The summed E-state index contributed by atoms with van der Waals surface area (Å²) >= 11 is 0. The van der Waals surface area contributed by atoms with Crippen molar-refractivity contribution >= 4 is 11.9 Å². The van der Waals surface area contributed by atoms with E-state index >= 15 is 0 Å². The zero-order valence-electron chi connectivity index (χ0n) is 16.7. The topological polar surface area (TPSA) is 71.1 Å². The van der Waals surface area contributed by atoms with E-state index in [2.05, 4.69) is 29.6 Å². The number of hydrogen-bond acceptors (Lipinski definition) is 4. The number of nitrogens with zero attached hydrogens (tertiary/aromatic N) is 2. The van der Waals surface area contributed by atoms with E-state index in [1.165, 1.54) is 17.5 Å². The summed E-state index contributed by atoms with van der Waals surface area (Å²) < 4.78 is 11.2. The molecule has 0 bridgehead atoms. The molecular formula is C22H29N3O4. The number of carbonyl (C=O) groups is 2. The maximum absolute atomic E-state index is 12.9. The third-order valence-electron chi connectivity index (χ3n) is 6.79. The highest BCUT2D eigenvalue weighted by Gasteiger charge is 2.40. The molecule has 3 amide bonds. The van der Waals surface area contributed by atoms with E-state index in [9.17, 15) is 9.59 Å². The lowest BCUT2D eigenvalue weighted by molar-refractivity contribution is -0.139. The first-order valence-corrected chi connectivity index (χ1v) is 10.8. The van der Waals surface area contributed by atoms with Crippen molar-refractivity contribution in [3.63, 3.8) is 0 Å². The zero-order chi connectivity index (χ0) is 19.8. The molecule has 0 saturated carbocycles. The minimum atomic E-state index is -0.0900. The second-order valence-electron chi connectivity index (χ2n) is 8.72. The smallest absolute Gasteiger partial charge is 0.320 e. The van der Waals surface area contributed by atoms with Gasteiger partial charge in [0, 0.05) is 44.6 Å². The van der Waals surface area contributed by atoms with E-state index in [0.717, 1.165) is 39.1 Å². The maximum Gasteiger partial charge on any atom is 0.320 e.